The van der Waals surface area contributed by atoms with Crippen molar-refractivity contribution in [3.05, 3.63) is 54.1 Å². The number of piperazine rings is 1. The Hall–Kier alpha value is -4.36. The highest BCUT2D eigenvalue weighted by atomic mass is 16.6. The summed E-state index contributed by atoms with van der Waals surface area (Å²) in [4.78, 5) is 39.8. The molecule has 0 aliphatic carbocycles. The van der Waals surface area contributed by atoms with E-state index in [1.807, 2.05) is 24.3 Å². The standard InChI is InChI=1S/C27H33N7O6/c1-37-22-10-4-19(5-11-22)24(35)28-16-23-17-34(26(36)40-23)21-8-6-20(7-9-21)32-12-14-33(15-13-32)27(39-3)30-18-29-25(31-27)38-2/h4-11,18,23H,12-17H2,1-3H3,(H,28,35)(H,29,30,31)/t23-,27?/m0/s1. The molecule has 212 valence electrons. The Morgan fingerprint density at radius 2 is 1.73 bits per heavy atom. The van der Waals surface area contributed by atoms with Gasteiger partial charge < -0.3 is 34.5 Å². The summed E-state index contributed by atoms with van der Waals surface area (Å²) < 4.78 is 21.5. The van der Waals surface area contributed by atoms with Crippen molar-refractivity contribution < 1.29 is 28.5 Å². The summed E-state index contributed by atoms with van der Waals surface area (Å²) in [5.74, 6) is -0.712. The third-order valence-corrected chi connectivity index (χ3v) is 7.07. The summed E-state index contributed by atoms with van der Waals surface area (Å²) in [6, 6.07) is 15.0. The zero-order valence-corrected chi connectivity index (χ0v) is 22.7. The van der Waals surface area contributed by atoms with Gasteiger partial charge in [0.2, 0.25) is 0 Å². The zero-order chi connectivity index (χ0) is 28.1. The zero-order valence-electron chi connectivity index (χ0n) is 22.7. The molecule has 2 amide bonds. The number of rotatable bonds is 8. The molecule has 0 saturated carbocycles. The average Bonchev–Trinajstić information content (AvgIpc) is 3.40. The second-order valence-corrected chi connectivity index (χ2v) is 9.35. The summed E-state index contributed by atoms with van der Waals surface area (Å²) in [5.41, 5.74) is 2.28. The first-order chi connectivity index (χ1) is 19.4. The van der Waals surface area contributed by atoms with Crippen molar-refractivity contribution in [1.82, 2.24) is 15.5 Å². The molecule has 0 bridgehead atoms. The monoisotopic (exact) mass is 551 g/mol. The summed E-state index contributed by atoms with van der Waals surface area (Å²) >= 11 is 0. The van der Waals surface area contributed by atoms with Crippen LogP contribution in [0.25, 0.3) is 0 Å². The van der Waals surface area contributed by atoms with Crippen LogP contribution in [-0.4, -0.2) is 102 Å². The van der Waals surface area contributed by atoms with Gasteiger partial charge in [-0.2, -0.15) is 4.99 Å². The molecule has 2 saturated heterocycles. The first-order valence-electron chi connectivity index (χ1n) is 12.9. The van der Waals surface area contributed by atoms with Crippen LogP contribution < -0.4 is 25.2 Å². The molecule has 13 nitrogen and oxygen atoms in total. The molecule has 0 aromatic heterocycles. The maximum absolute atomic E-state index is 12.6. The van der Waals surface area contributed by atoms with Gasteiger partial charge >= 0.3 is 12.1 Å². The van der Waals surface area contributed by atoms with Crippen LogP contribution in [0.2, 0.25) is 0 Å². The molecular formula is C27H33N7O6. The van der Waals surface area contributed by atoms with E-state index in [0.29, 0.717) is 37.0 Å². The summed E-state index contributed by atoms with van der Waals surface area (Å²) in [6.45, 7) is 3.40. The molecule has 2 atom stereocenters. The van der Waals surface area contributed by atoms with Gasteiger partial charge in [-0.1, -0.05) is 0 Å². The van der Waals surface area contributed by atoms with Crippen molar-refractivity contribution in [1.29, 1.82) is 0 Å². The maximum Gasteiger partial charge on any atom is 0.414 e. The largest absolute Gasteiger partial charge is 0.497 e. The molecule has 2 aromatic carbocycles. The minimum absolute atomic E-state index is 0.217. The fourth-order valence-electron chi connectivity index (χ4n) is 4.84. The van der Waals surface area contributed by atoms with Gasteiger partial charge in [0.05, 0.1) is 33.6 Å². The first-order valence-corrected chi connectivity index (χ1v) is 12.9. The van der Waals surface area contributed by atoms with Crippen LogP contribution in [0.5, 0.6) is 5.75 Å². The number of benzene rings is 2. The van der Waals surface area contributed by atoms with E-state index >= 15 is 0 Å². The predicted octanol–water partition coefficient (Wildman–Crippen LogP) is 1.46. The molecular weight excluding hydrogens is 518 g/mol. The molecule has 2 aromatic rings. The van der Waals surface area contributed by atoms with Gasteiger partial charge in [-0.3, -0.25) is 9.69 Å². The lowest BCUT2D eigenvalue weighted by Gasteiger charge is -2.43. The lowest BCUT2D eigenvalue weighted by Crippen LogP contribution is -2.58. The minimum atomic E-state index is -1.15. The third kappa shape index (κ3) is 5.65. The van der Waals surface area contributed by atoms with Gasteiger partial charge in [-0.05, 0) is 48.5 Å². The van der Waals surface area contributed by atoms with Crippen molar-refractivity contribution in [3.63, 3.8) is 0 Å². The van der Waals surface area contributed by atoms with Crippen molar-refractivity contribution in [2.45, 2.75) is 12.1 Å². The predicted molar refractivity (Wildman–Crippen MR) is 149 cm³/mol. The molecule has 1 unspecified atom stereocenters. The first kappa shape index (κ1) is 27.2. The third-order valence-electron chi connectivity index (χ3n) is 7.07. The number of carbonyl (C=O) groups is 2. The molecule has 13 heteroatoms. The van der Waals surface area contributed by atoms with E-state index in [1.54, 1.807) is 43.4 Å². The Morgan fingerprint density at radius 3 is 2.38 bits per heavy atom. The van der Waals surface area contributed by atoms with E-state index in [1.165, 1.54) is 13.4 Å². The van der Waals surface area contributed by atoms with Gasteiger partial charge in [0, 0.05) is 50.2 Å². The molecule has 3 aliphatic rings. The molecule has 0 radical (unpaired) electrons. The van der Waals surface area contributed by atoms with E-state index in [2.05, 4.69) is 30.4 Å². The highest BCUT2D eigenvalue weighted by Gasteiger charge is 2.40. The molecule has 2 N–H and O–H groups in total. The van der Waals surface area contributed by atoms with Crippen LogP contribution >= 0.6 is 0 Å². The van der Waals surface area contributed by atoms with Crippen LogP contribution in [0.1, 0.15) is 10.4 Å². The topological polar surface area (TPSA) is 130 Å². The number of carbonyl (C=O) groups excluding carboxylic acids is 2. The van der Waals surface area contributed by atoms with E-state index in [4.69, 9.17) is 18.9 Å². The highest BCUT2D eigenvalue weighted by molar-refractivity contribution is 5.94. The Labute approximate surface area is 232 Å². The van der Waals surface area contributed by atoms with Crippen molar-refractivity contribution in [3.8, 4) is 5.75 Å². The minimum Gasteiger partial charge on any atom is -0.497 e. The number of ether oxygens (including phenoxy) is 4. The van der Waals surface area contributed by atoms with Gasteiger partial charge in [0.15, 0.2) is 0 Å². The number of methoxy groups -OCH3 is 3. The van der Waals surface area contributed by atoms with Gasteiger partial charge in [-0.25, -0.2) is 14.7 Å². The van der Waals surface area contributed by atoms with Gasteiger partial charge in [-0.15, -0.1) is 0 Å². The van der Waals surface area contributed by atoms with Crippen LogP contribution in [0.3, 0.4) is 0 Å². The summed E-state index contributed by atoms with van der Waals surface area (Å²) in [6.07, 6.45) is 0.645. The van der Waals surface area contributed by atoms with Crippen LogP contribution in [0, 0.1) is 0 Å². The Morgan fingerprint density at radius 1 is 1.02 bits per heavy atom. The second kappa shape index (κ2) is 11.8. The molecule has 3 heterocycles. The fraction of sp³-hybridized carbons (Fsp3) is 0.407. The van der Waals surface area contributed by atoms with Crippen LogP contribution in [0.15, 0.2) is 58.5 Å². The van der Waals surface area contributed by atoms with Crippen molar-refractivity contribution in [2.24, 2.45) is 9.98 Å². The van der Waals surface area contributed by atoms with E-state index in [0.717, 1.165) is 24.5 Å². The average molecular weight is 552 g/mol. The van der Waals surface area contributed by atoms with Crippen molar-refractivity contribution >= 4 is 35.7 Å². The van der Waals surface area contributed by atoms with Gasteiger partial charge in [0.25, 0.3) is 11.9 Å². The number of anilines is 2. The number of nitrogens with one attached hydrogen (secondary N) is 2. The van der Waals surface area contributed by atoms with E-state index < -0.39 is 18.2 Å². The number of hydrogen-bond donors (Lipinski definition) is 2. The Bertz CT molecular complexity index is 1260. The molecule has 40 heavy (non-hydrogen) atoms. The number of aliphatic imine (C=N–C) groups is 2. The molecule has 3 aliphatic heterocycles. The number of hydrogen-bond acceptors (Lipinski definition) is 11. The van der Waals surface area contributed by atoms with Gasteiger partial charge in [0.1, 0.15) is 11.9 Å². The lowest BCUT2D eigenvalue weighted by molar-refractivity contribution is -0.127. The number of amides is 2. The maximum atomic E-state index is 12.6. The Kier molecular flexibility index (Phi) is 8.03. The summed E-state index contributed by atoms with van der Waals surface area (Å²) in [7, 11) is 4.69. The normalized spacial score (nSPS) is 22.8. The SMILES string of the molecule is COC1=NC(OC)(N2CCN(c3ccc(N4C[C@H](CNC(=O)c5ccc(OC)cc5)OC4=O)cc3)CC2)N=CN1. The highest BCUT2D eigenvalue weighted by Crippen LogP contribution is 2.28. The fourth-order valence-corrected chi connectivity index (χ4v) is 4.84. The summed E-state index contributed by atoms with van der Waals surface area (Å²) in [5, 5.41) is 5.68. The van der Waals surface area contributed by atoms with Crippen LogP contribution in [0.4, 0.5) is 16.2 Å². The van der Waals surface area contributed by atoms with E-state index in [9.17, 15) is 9.59 Å². The molecule has 2 fully saturated rings. The second-order valence-electron chi connectivity index (χ2n) is 9.35. The number of nitrogens with zero attached hydrogens (tertiary/aromatic N) is 5. The number of cyclic esters (lactones) is 1. The smallest absolute Gasteiger partial charge is 0.414 e. The number of amidine groups is 1. The molecule has 5 rings (SSSR count). The van der Waals surface area contributed by atoms with E-state index in [-0.39, 0.29) is 12.5 Å². The van der Waals surface area contributed by atoms with Crippen LogP contribution in [-0.2, 0) is 14.2 Å². The lowest BCUT2D eigenvalue weighted by atomic mass is 10.2. The molecule has 0 spiro atoms. The quantitative estimate of drug-likeness (QED) is 0.501. The Balaban J connectivity index is 1.14. The van der Waals surface area contributed by atoms with Crippen molar-refractivity contribution in [2.75, 3.05) is 70.4 Å².